The number of aromatic nitrogens is 3. The van der Waals surface area contributed by atoms with E-state index in [2.05, 4.69) is 15.3 Å². The predicted octanol–water partition coefficient (Wildman–Crippen LogP) is 1.98. The van der Waals surface area contributed by atoms with E-state index in [0.29, 0.717) is 37.5 Å². The van der Waals surface area contributed by atoms with Crippen LogP contribution in [0.2, 0.25) is 0 Å². The van der Waals surface area contributed by atoms with Crippen LogP contribution in [0.5, 0.6) is 0 Å². The number of rotatable bonds is 7. The molecule has 3 aromatic rings. The van der Waals surface area contributed by atoms with Crippen molar-refractivity contribution >= 4 is 22.8 Å². The molecule has 0 spiro atoms. The molecule has 0 bridgehead atoms. The number of nitrogens with zero attached hydrogens (tertiary/aromatic N) is 4. The molecule has 2 N–H and O–H groups in total. The van der Waals surface area contributed by atoms with Gasteiger partial charge in [-0.05, 0) is 43.2 Å². The summed E-state index contributed by atoms with van der Waals surface area (Å²) in [6.07, 6.45) is 4.20. The SMILES string of the molecule is COCCn1cnc2cc(C(=O)NCC3(O)CCCN(c4ccc(F)cn4)C3)ccc21. The fourth-order valence-corrected chi connectivity index (χ4v) is 3.93. The first kappa shape index (κ1) is 21.2. The summed E-state index contributed by atoms with van der Waals surface area (Å²) in [5, 5.41) is 13.9. The van der Waals surface area contributed by atoms with Gasteiger partial charge in [-0.1, -0.05) is 0 Å². The van der Waals surface area contributed by atoms with Crippen LogP contribution in [0.15, 0.2) is 42.9 Å². The van der Waals surface area contributed by atoms with Gasteiger partial charge in [0.05, 0.1) is 35.8 Å². The number of amides is 1. The Morgan fingerprint density at radius 3 is 2.97 bits per heavy atom. The first-order valence-electron chi connectivity index (χ1n) is 10.3. The van der Waals surface area contributed by atoms with Gasteiger partial charge in [-0.15, -0.1) is 0 Å². The molecule has 3 heterocycles. The molecule has 9 heteroatoms. The summed E-state index contributed by atoms with van der Waals surface area (Å²) in [6.45, 7) is 2.41. The van der Waals surface area contributed by atoms with Crippen molar-refractivity contribution in [2.75, 3.05) is 38.3 Å². The smallest absolute Gasteiger partial charge is 0.251 e. The number of methoxy groups -OCH3 is 1. The number of fused-ring (bicyclic) bond motifs is 1. The van der Waals surface area contributed by atoms with Gasteiger partial charge < -0.3 is 24.6 Å². The van der Waals surface area contributed by atoms with Gasteiger partial charge in [0.15, 0.2) is 0 Å². The number of pyridine rings is 1. The molecular formula is C22H26FN5O3. The maximum absolute atomic E-state index is 13.1. The maximum atomic E-state index is 13.1. The molecule has 164 valence electrons. The van der Waals surface area contributed by atoms with E-state index in [4.69, 9.17) is 4.74 Å². The minimum Gasteiger partial charge on any atom is -0.386 e. The summed E-state index contributed by atoms with van der Waals surface area (Å²) in [5.74, 6) is -0.0528. The van der Waals surface area contributed by atoms with Crippen molar-refractivity contribution in [1.82, 2.24) is 19.9 Å². The second-order valence-corrected chi connectivity index (χ2v) is 7.90. The molecule has 8 nitrogen and oxygen atoms in total. The third-order valence-electron chi connectivity index (χ3n) is 5.59. The molecule has 1 atom stereocenters. The molecule has 1 aromatic carbocycles. The van der Waals surface area contributed by atoms with E-state index in [1.54, 1.807) is 31.6 Å². The number of halogens is 1. The van der Waals surface area contributed by atoms with Crippen LogP contribution in [0, 0.1) is 5.82 Å². The van der Waals surface area contributed by atoms with Crippen molar-refractivity contribution in [3.05, 3.63) is 54.2 Å². The molecule has 31 heavy (non-hydrogen) atoms. The normalized spacial score (nSPS) is 19.0. The number of carbonyl (C=O) groups is 1. The Morgan fingerprint density at radius 2 is 2.19 bits per heavy atom. The van der Waals surface area contributed by atoms with Gasteiger partial charge in [0.1, 0.15) is 11.6 Å². The van der Waals surface area contributed by atoms with E-state index in [1.165, 1.54) is 6.07 Å². The minimum atomic E-state index is -1.09. The van der Waals surface area contributed by atoms with Crippen LogP contribution in [-0.2, 0) is 11.3 Å². The van der Waals surface area contributed by atoms with Crippen LogP contribution in [0.25, 0.3) is 11.0 Å². The number of imidazole rings is 1. The van der Waals surface area contributed by atoms with Crippen LogP contribution >= 0.6 is 0 Å². The van der Waals surface area contributed by atoms with E-state index in [1.807, 2.05) is 15.5 Å². The molecule has 1 amide bonds. The standard InChI is InChI=1S/C22H26FN5O3/c1-31-10-9-28-15-26-18-11-16(3-5-19(18)28)21(29)25-13-22(30)7-2-8-27(14-22)20-6-4-17(23)12-24-20/h3-6,11-12,15,30H,2,7-10,13-14H2,1H3,(H,25,29). The predicted molar refractivity (Wildman–Crippen MR) is 115 cm³/mol. The molecule has 1 aliphatic heterocycles. The molecule has 1 fully saturated rings. The Balaban J connectivity index is 1.39. The molecule has 1 saturated heterocycles. The van der Waals surface area contributed by atoms with Crippen molar-refractivity contribution in [3.63, 3.8) is 0 Å². The minimum absolute atomic E-state index is 0.115. The molecule has 0 saturated carbocycles. The van der Waals surface area contributed by atoms with Gasteiger partial charge in [0.25, 0.3) is 5.91 Å². The van der Waals surface area contributed by atoms with E-state index < -0.39 is 11.4 Å². The van der Waals surface area contributed by atoms with E-state index in [9.17, 15) is 14.3 Å². The number of piperidine rings is 1. The van der Waals surface area contributed by atoms with Gasteiger partial charge in [-0.25, -0.2) is 14.4 Å². The van der Waals surface area contributed by atoms with Crippen molar-refractivity contribution in [2.45, 2.75) is 25.0 Å². The lowest BCUT2D eigenvalue weighted by molar-refractivity contribution is 0.0254. The summed E-state index contributed by atoms with van der Waals surface area (Å²) in [6, 6.07) is 8.31. The Hall–Kier alpha value is -3.04. The molecule has 4 rings (SSSR count). The van der Waals surface area contributed by atoms with Gasteiger partial charge in [0, 0.05) is 38.9 Å². The highest BCUT2D eigenvalue weighted by Crippen LogP contribution is 2.25. The fraction of sp³-hybridized carbons (Fsp3) is 0.409. The van der Waals surface area contributed by atoms with Crippen molar-refractivity contribution in [3.8, 4) is 0 Å². The lowest BCUT2D eigenvalue weighted by atomic mass is 9.92. The number of benzene rings is 1. The number of hydrogen-bond donors (Lipinski definition) is 2. The second-order valence-electron chi connectivity index (χ2n) is 7.90. The molecule has 2 aromatic heterocycles. The number of nitrogens with one attached hydrogen (secondary N) is 1. The summed E-state index contributed by atoms with van der Waals surface area (Å²) < 4.78 is 20.2. The zero-order chi connectivity index (χ0) is 21.8. The quantitative estimate of drug-likeness (QED) is 0.599. The third-order valence-corrected chi connectivity index (χ3v) is 5.59. The topological polar surface area (TPSA) is 92.5 Å². The Bertz CT molecular complexity index is 1050. The lowest BCUT2D eigenvalue weighted by Crippen LogP contribution is -2.54. The zero-order valence-electron chi connectivity index (χ0n) is 17.4. The number of aliphatic hydroxyl groups is 1. The first-order valence-corrected chi connectivity index (χ1v) is 10.3. The van der Waals surface area contributed by atoms with Crippen LogP contribution < -0.4 is 10.2 Å². The van der Waals surface area contributed by atoms with Crippen molar-refractivity contribution in [1.29, 1.82) is 0 Å². The van der Waals surface area contributed by atoms with Crippen LogP contribution in [0.4, 0.5) is 10.2 Å². The van der Waals surface area contributed by atoms with Crippen LogP contribution in [0.1, 0.15) is 23.2 Å². The number of carbonyl (C=O) groups excluding carboxylic acids is 1. The second kappa shape index (κ2) is 8.99. The monoisotopic (exact) mass is 427 g/mol. The summed E-state index contributed by atoms with van der Waals surface area (Å²) in [4.78, 5) is 23.1. The van der Waals surface area contributed by atoms with E-state index in [-0.39, 0.29) is 12.5 Å². The Kier molecular flexibility index (Phi) is 6.15. The average molecular weight is 427 g/mol. The highest BCUT2D eigenvalue weighted by Gasteiger charge is 2.34. The van der Waals surface area contributed by atoms with Crippen molar-refractivity contribution < 1.29 is 19.0 Å². The molecule has 1 unspecified atom stereocenters. The summed E-state index contributed by atoms with van der Waals surface area (Å²) in [5.41, 5.74) is 1.06. The lowest BCUT2D eigenvalue weighted by Gasteiger charge is -2.39. The van der Waals surface area contributed by atoms with Crippen LogP contribution in [-0.4, -0.2) is 64.5 Å². The van der Waals surface area contributed by atoms with Gasteiger partial charge in [0.2, 0.25) is 0 Å². The zero-order valence-corrected chi connectivity index (χ0v) is 17.4. The number of β-amino-alcohol motifs (C(OH)–C–C–N with tert-alkyl or cyclic N) is 1. The van der Waals surface area contributed by atoms with Gasteiger partial charge in [-0.3, -0.25) is 4.79 Å². The van der Waals surface area contributed by atoms with Crippen molar-refractivity contribution in [2.24, 2.45) is 0 Å². The Labute approximate surface area is 179 Å². The van der Waals surface area contributed by atoms with Gasteiger partial charge in [-0.2, -0.15) is 0 Å². The Morgan fingerprint density at radius 1 is 1.32 bits per heavy atom. The highest BCUT2D eigenvalue weighted by molar-refractivity contribution is 5.97. The fourth-order valence-electron chi connectivity index (χ4n) is 3.93. The highest BCUT2D eigenvalue weighted by atomic mass is 19.1. The first-order chi connectivity index (χ1) is 15.0. The van der Waals surface area contributed by atoms with E-state index >= 15 is 0 Å². The van der Waals surface area contributed by atoms with Crippen LogP contribution in [0.3, 0.4) is 0 Å². The molecule has 1 aliphatic rings. The summed E-state index contributed by atoms with van der Waals surface area (Å²) in [7, 11) is 1.65. The molecule has 0 radical (unpaired) electrons. The number of anilines is 1. The largest absolute Gasteiger partial charge is 0.386 e. The number of hydrogen-bond acceptors (Lipinski definition) is 6. The summed E-state index contributed by atoms with van der Waals surface area (Å²) >= 11 is 0. The molecular weight excluding hydrogens is 401 g/mol. The van der Waals surface area contributed by atoms with E-state index in [0.717, 1.165) is 30.2 Å². The third kappa shape index (κ3) is 4.83. The number of ether oxygens (including phenoxy) is 1. The maximum Gasteiger partial charge on any atom is 0.251 e. The molecule has 0 aliphatic carbocycles. The average Bonchev–Trinajstić information content (AvgIpc) is 3.19. The van der Waals surface area contributed by atoms with Gasteiger partial charge >= 0.3 is 0 Å².